The second-order valence-corrected chi connectivity index (χ2v) is 6.25. The number of aromatic carboxylic acids is 1. The molecule has 0 saturated heterocycles. The molecule has 1 rings (SSSR count). The van der Waals surface area contributed by atoms with Crippen LogP contribution < -0.4 is 5.73 Å². The molecule has 0 radical (unpaired) electrons. The summed E-state index contributed by atoms with van der Waals surface area (Å²) in [5.41, 5.74) is 5.42. The summed E-state index contributed by atoms with van der Waals surface area (Å²) in [5.74, 6) is -1.99. The Balaban J connectivity index is 3.29. The van der Waals surface area contributed by atoms with Gasteiger partial charge in [0.1, 0.15) is 0 Å². The first-order valence-electron chi connectivity index (χ1n) is 5.81. The molecule has 0 bridgehead atoms. The van der Waals surface area contributed by atoms with Crippen LogP contribution in [0.15, 0.2) is 23.1 Å². The highest BCUT2D eigenvalue weighted by atomic mass is 32.2. The molecule has 8 heteroatoms. The Kier molecular flexibility index (Phi) is 4.85. The number of nitrogens with zero attached hydrogens (tertiary/aromatic N) is 1. The van der Waals surface area contributed by atoms with Crippen LogP contribution in [0.25, 0.3) is 0 Å². The molecule has 7 nitrogen and oxygen atoms in total. The lowest BCUT2D eigenvalue weighted by atomic mass is 10.1. The lowest BCUT2D eigenvalue weighted by Crippen LogP contribution is -2.35. The van der Waals surface area contributed by atoms with Crippen LogP contribution in [0.2, 0.25) is 0 Å². The number of primary amides is 1. The van der Waals surface area contributed by atoms with Gasteiger partial charge in [-0.05, 0) is 24.1 Å². The summed E-state index contributed by atoms with van der Waals surface area (Å²) in [7, 11) is -2.74. The van der Waals surface area contributed by atoms with Gasteiger partial charge in [0.2, 0.25) is 15.9 Å². The van der Waals surface area contributed by atoms with E-state index in [1.165, 1.54) is 19.2 Å². The zero-order valence-electron chi connectivity index (χ0n) is 11.2. The van der Waals surface area contributed by atoms with Crippen molar-refractivity contribution < 1.29 is 23.1 Å². The first kappa shape index (κ1) is 16.1. The summed E-state index contributed by atoms with van der Waals surface area (Å²) < 4.78 is 25.1. The van der Waals surface area contributed by atoms with Gasteiger partial charge in [0, 0.05) is 7.05 Å². The lowest BCUT2D eigenvalue weighted by molar-refractivity contribution is -0.118. The molecule has 0 saturated carbocycles. The third kappa shape index (κ3) is 3.34. The highest BCUT2D eigenvalue weighted by Crippen LogP contribution is 2.19. The third-order valence-corrected chi connectivity index (χ3v) is 4.58. The van der Waals surface area contributed by atoms with Crippen molar-refractivity contribution in [3.05, 3.63) is 29.3 Å². The number of hydrogen-bond donors (Lipinski definition) is 2. The van der Waals surface area contributed by atoms with E-state index < -0.39 is 28.4 Å². The minimum absolute atomic E-state index is 0.0685. The summed E-state index contributed by atoms with van der Waals surface area (Å²) in [5, 5.41) is 9.09. The Morgan fingerprint density at radius 1 is 1.35 bits per heavy atom. The average molecular weight is 300 g/mol. The fourth-order valence-corrected chi connectivity index (χ4v) is 2.87. The molecule has 0 aliphatic heterocycles. The van der Waals surface area contributed by atoms with Crippen LogP contribution in [0.3, 0.4) is 0 Å². The monoisotopic (exact) mass is 300 g/mol. The van der Waals surface area contributed by atoms with Crippen molar-refractivity contribution in [2.45, 2.75) is 18.2 Å². The average Bonchev–Trinajstić information content (AvgIpc) is 2.36. The molecular formula is C12H16N2O5S. The first-order chi connectivity index (χ1) is 9.20. The minimum Gasteiger partial charge on any atom is -0.478 e. The number of rotatable bonds is 6. The number of aryl methyl sites for hydroxylation is 1. The molecular weight excluding hydrogens is 284 g/mol. The van der Waals surface area contributed by atoms with Crippen molar-refractivity contribution in [1.82, 2.24) is 4.31 Å². The van der Waals surface area contributed by atoms with Gasteiger partial charge >= 0.3 is 5.97 Å². The molecule has 0 spiro atoms. The predicted octanol–water partition coefficient (Wildman–Crippen LogP) is 0.0530. The van der Waals surface area contributed by atoms with Crippen molar-refractivity contribution in [2.75, 3.05) is 13.6 Å². The summed E-state index contributed by atoms with van der Waals surface area (Å²) >= 11 is 0. The molecule has 0 aliphatic carbocycles. The number of carboxylic acids is 1. The van der Waals surface area contributed by atoms with Crippen LogP contribution in [0.1, 0.15) is 22.8 Å². The van der Waals surface area contributed by atoms with Crippen LogP contribution >= 0.6 is 0 Å². The van der Waals surface area contributed by atoms with Crippen LogP contribution in [-0.4, -0.2) is 43.3 Å². The van der Waals surface area contributed by atoms with Crippen LogP contribution in [-0.2, 0) is 21.2 Å². The van der Waals surface area contributed by atoms with Gasteiger partial charge in [0.15, 0.2) is 0 Å². The first-order valence-corrected chi connectivity index (χ1v) is 7.25. The van der Waals surface area contributed by atoms with E-state index in [9.17, 15) is 18.0 Å². The largest absolute Gasteiger partial charge is 0.478 e. The fraction of sp³-hybridized carbons (Fsp3) is 0.333. The van der Waals surface area contributed by atoms with E-state index in [0.717, 1.165) is 10.4 Å². The molecule has 0 unspecified atom stereocenters. The van der Waals surface area contributed by atoms with Gasteiger partial charge in [-0.25, -0.2) is 13.2 Å². The zero-order valence-corrected chi connectivity index (χ0v) is 12.0. The van der Waals surface area contributed by atoms with E-state index in [0.29, 0.717) is 12.0 Å². The summed E-state index contributed by atoms with van der Waals surface area (Å²) in [6, 6.07) is 3.86. The van der Waals surface area contributed by atoms with Gasteiger partial charge in [0.25, 0.3) is 0 Å². The Labute approximate surface area is 117 Å². The summed E-state index contributed by atoms with van der Waals surface area (Å²) in [6.45, 7) is 1.30. The van der Waals surface area contributed by atoms with Gasteiger partial charge in [-0.3, -0.25) is 4.79 Å². The molecule has 0 heterocycles. The van der Waals surface area contributed by atoms with Crippen LogP contribution in [0.5, 0.6) is 0 Å². The molecule has 1 aromatic carbocycles. The Hall–Kier alpha value is -1.93. The van der Waals surface area contributed by atoms with E-state index >= 15 is 0 Å². The number of carbonyl (C=O) groups is 2. The standard InChI is InChI=1S/C12H16N2O5S/c1-3-8-4-5-9(6-10(8)12(16)17)20(18,19)14(2)7-11(13)15/h4-6H,3,7H2,1-2H3,(H2,13,15)(H,16,17). The SMILES string of the molecule is CCc1ccc(S(=O)(=O)N(C)CC(N)=O)cc1C(=O)O. The molecule has 0 aromatic heterocycles. The quantitative estimate of drug-likeness (QED) is 0.769. The van der Waals surface area contributed by atoms with Crippen molar-refractivity contribution in [3.8, 4) is 0 Å². The maximum atomic E-state index is 12.2. The number of nitrogens with two attached hydrogens (primary N) is 1. The normalized spacial score (nSPS) is 11.6. The second kappa shape index (κ2) is 6.02. The number of hydrogen-bond acceptors (Lipinski definition) is 4. The molecule has 0 fully saturated rings. The Morgan fingerprint density at radius 3 is 2.40 bits per heavy atom. The third-order valence-electron chi connectivity index (χ3n) is 2.78. The second-order valence-electron chi connectivity index (χ2n) is 4.21. The van der Waals surface area contributed by atoms with Gasteiger partial charge < -0.3 is 10.8 Å². The number of likely N-dealkylation sites (N-methyl/N-ethyl adjacent to an activating group) is 1. The molecule has 20 heavy (non-hydrogen) atoms. The number of carbonyl (C=O) groups excluding carboxylic acids is 1. The fourth-order valence-electron chi connectivity index (χ4n) is 1.71. The molecule has 1 amide bonds. The van der Waals surface area contributed by atoms with Gasteiger partial charge in [-0.2, -0.15) is 4.31 Å². The van der Waals surface area contributed by atoms with E-state index in [1.54, 1.807) is 6.92 Å². The molecule has 0 atom stereocenters. The maximum Gasteiger partial charge on any atom is 0.336 e. The van der Waals surface area contributed by atoms with E-state index in [1.807, 2.05) is 0 Å². The highest BCUT2D eigenvalue weighted by Gasteiger charge is 2.24. The van der Waals surface area contributed by atoms with E-state index in [-0.39, 0.29) is 10.5 Å². The van der Waals surface area contributed by atoms with E-state index in [2.05, 4.69) is 0 Å². The molecule has 110 valence electrons. The van der Waals surface area contributed by atoms with Crippen LogP contribution in [0, 0.1) is 0 Å². The van der Waals surface area contributed by atoms with Crippen molar-refractivity contribution in [1.29, 1.82) is 0 Å². The van der Waals surface area contributed by atoms with Crippen molar-refractivity contribution in [2.24, 2.45) is 5.73 Å². The summed E-state index contributed by atoms with van der Waals surface area (Å²) in [4.78, 5) is 21.7. The topological polar surface area (TPSA) is 118 Å². The van der Waals surface area contributed by atoms with Gasteiger partial charge in [-0.1, -0.05) is 13.0 Å². The molecule has 3 N–H and O–H groups in total. The Bertz CT molecular complexity index is 639. The highest BCUT2D eigenvalue weighted by molar-refractivity contribution is 7.89. The Morgan fingerprint density at radius 2 is 1.95 bits per heavy atom. The number of carboxylic acid groups (broad SMARTS) is 1. The van der Waals surface area contributed by atoms with Crippen molar-refractivity contribution >= 4 is 21.9 Å². The van der Waals surface area contributed by atoms with Crippen molar-refractivity contribution in [3.63, 3.8) is 0 Å². The van der Waals surface area contributed by atoms with Crippen LogP contribution in [0.4, 0.5) is 0 Å². The van der Waals surface area contributed by atoms with E-state index in [4.69, 9.17) is 10.8 Å². The number of sulfonamides is 1. The maximum absolute atomic E-state index is 12.2. The molecule has 0 aliphatic rings. The molecule has 1 aromatic rings. The van der Waals surface area contributed by atoms with Gasteiger partial charge in [-0.15, -0.1) is 0 Å². The smallest absolute Gasteiger partial charge is 0.336 e. The predicted molar refractivity (Wildman–Crippen MR) is 71.8 cm³/mol. The number of amides is 1. The minimum atomic E-state index is -3.95. The zero-order chi connectivity index (χ0) is 15.5. The number of benzene rings is 1. The lowest BCUT2D eigenvalue weighted by Gasteiger charge is -2.16. The van der Waals surface area contributed by atoms with Gasteiger partial charge in [0.05, 0.1) is 17.0 Å². The summed E-state index contributed by atoms with van der Waals surface area (Å²) in [6.07, 6.45) is 0.471.